The summed E-state index contributed by atoms with van der Waals surface area (Å²) in [7, 11) is 0. The van der Waals surface area contributed by atoms with Crippen LogP contribution in [0.3, 0.4) is 0 Å². The number of Topliss-reactive ketones (excluding diaryl/α,β-unsaturated/α-hetero) is 1. The average Bonchev–Trinajstić information content (AvgIpc) is 2.79. The van der Waals surface area contributed by atoms with Crippen LogP contribution >= 0.6 is 0 Å². The molecular weight excluding hydrogens is 298 g/mol. The number of fused-ring (bicyclic) bond motifs is 5. The molecule has 2 nitrogen and oxygen atoms in total. The summed E-state index contributed by atoms with van der Waals surface area (Å²) < 4.78 is 29.0. The topological polar surface area (TPSA) is 37.3 Å². The van der Waals surface area contributed by atoms with Crippen molar-refractivity contribution in [3.05, 3.63) is 11.6 Å². The van der Waals surface area contributed by atoms with Crippen LogP contribution in [0.25, 0.3) is 0 Å². The summed E-state index contributed by atoms with van der Waals surface area (Å²) in [4.78, 5) is 11.7. The van der Waals surface area contributed by atoms with E-state index in [0.29, 0.717) is 24.7 Å². The molecule has 0 radical (unpaired) electrons. The van der Waals surface area contributed by atoms with Crippen LogP contribution in [-0.2, 0) is 4.79 Å². The Morgan fingerprint density at radius 1 is 1.13 bits per heavy atom. The molecule has 4 aliphatic rings. The second-order valence-corrected chi connectivity index (χ2v) is 8.78. The minimum absolute atomic E-state index is 0.00534. The summed E-state index contributed by atoms with van der Waals surface area (Å²) in [6.45, 7) is 4.15. The molecule has 1 N–H and O–H groups in total. The van der Waals surface area contributed by atoms with E-state index in [1.54, 1.807) is 6.08 Å². The molecule has 1 unspecified atom stereocenters. The molecule has 4 aliphatic carbocycles. The standard InChI is InChI=1S/C19H26F2O2/c1-17-10-8-16(23)19(20,21)14(17)5-3-11-12-4-6-15(22)18(12,2)9-7-13(11)17/h5,11-13,15,22H,3-4,6-10H2,1-2H3/t11-,12-,13-,15?,17+,18-/m0/s1. The van der Waals surface area contributed by atoms with Crippen LogP contribution in [0.1, 0.15) is 58.8 Å². The SMILES string of the molecule is C[C@]12CCC(=O)C(F)(F)C1=CC[C@@H]1[C@@H]2CC[C@]2(C)C(O)CC[C@@H]12. The van der Waals surface area contributed by atoms with Gasteiger partial charge in [-0.3, -0.25) is 4.79 Å². The van der Waals surface area contributed by atoms with E-state index in [1.165, 1.54) is 0 Å². The van der Waals surface area contributed by atoms with Crippen LogP contribution in [0, 0.1) is 28.6 Å². The van der Waals surface area contributed by atoms with Gasteiger partial charge < -0.3 is 5.11 Å². The van der Waals surface area contributed by atoms with Crippen molar-refractivity contribution in [2.75, 3.05) is 0 Å². The molecular formula is C19H26F2O2. The van der Waals surface area contributed by atoms with Crippen molar-refractivity contribution < 1.29 is 18.7 Å². The zero-order valence-corrected chi connectivity index (χ0v) is 13.9. The van der Waals surface area contributed by atoms with Crippen molar-refractivity contribution in [1.29, 1.82) is 0 Å². The molecule has 4 heteroatoms. The normalized spacial score (nSPS) is 51.5. The molecule has 0 amide bonds. The predicted octanol–water partition coefficient (Wildman–Crippen LogP) is 4.12. The molecule has 0 spiro atoms. The molecule has 0 aromatic carbocycles. The third-order valence-corrected chi connectivity index (χ3v) is 7.97. The Morgan fingerprint density at radius 2 is 1.87 bits per heavy atom. The van der Waals surface area contributed by atoms with Crippen molar-refractivity contribution in [3.63, 3.8) is 0 Å². The molecule has 0 saturated heterocycles. The van der Waals surface area contributed by atoms with Gasteiger partial charge in [0.05, 0.1) is 6.10 Å². The minimum atomic E-state index is -3.27. The maximum absolute atomic E-state index is 14.5. The molecule has 128 valence electrons. The maximum Gasteiger partial charge on any atom is 0.327 e. The fourth-order valence-corrected chi connectivity index (χ4v) is 6.55. The average molecular weight is 324 g/mol. The molecule has 3 saturated carbocycles. The smallest absolute Gasteiger partial charge is 0.327 e. The number of carbonyl (C=O) groups excluding carboxylic acids is 1. The number of hydrogen-bond acceptors (Lipinski definition) is 2. The van der Waals surface area contributed by atoms with Crippen LogP contribution in [0.15, 0.2) is 11.6 Å². The van der Waals surface area contributed by atoms with Crippen LogP contribution in [-0.4, -0.2) is 22.9 Å². The van der Waals surface area contributed by atoms with Crippen LogP contribution in [0.2, 0.25) is 0 Å². The Hall–Kier alpha value is -0.770. The van der Waals surface area contributed by atoms with E-state index < -0.39 is 17.1 Å². The minimum Gasteiger partial charge on any atom is -0.393 e. The van der Waals surface area contributed by atoms with Gasteiger partial charge in [-0.15, -0.1) is 0 Å². The first-order valence-electron chi connectivity index (χ1n) is 9.01. The van der Waals surface area contributed by atoms with Gasteiger partial charge in [-0.25, -0.2) is 0 Å². The molecule has 0 heterocycles. The largest absolute Gasteiger partial charge is 0.393 e. The quantitative estimate of drug-likeness (QED) is 0.681. The number of ketones is 1. The predicted molar refractivity (Wildman–Crippen MR) is 83.0 cm³/mol. The monoisotopic (exact) mass is 324 g/mol. The van der Waals surface area contributed by atoms with E-state index in [2.05, 4.69) is 6.92 Å². The van der Waals surface area contributed by atoms with Gasteiger partial charge in [-0.1, -0.05) is 19.9 Å². The van der Waals surface area contributed by atoms with Crippen molar-refractivity contribution in [2.45, 2.75) is 70.8 Å². The summed E-state index contributed by atoms with van der Waals surface area (Å²) in [6.07, 6.45) is 6.30. The molecule has 0 aromatic rings. The number of carbonyl (C=O) groups is 1. The zero-order valence-electron chi connectivity index (χ0n) is 13.9. The van der Waals surface area contributed by atoms with Crippen molar-refractivity contribution in [1.82, 2.24) is 0 Å². The van der Waals surface area contributed by atoms with Gasteiger partial charge in [0.25, 0.3) is 0 Å². The van der Waals surface area contributed by atoms with Gasteiger partial charge in [0, 0.05) is 12.0 Å². The lowest BCUT2D eigenvalue weighted by Crippen LogP contribution is -2.55. The first-order chi connectivity index (χ1) is 10.7. The summed E-state index contributed by atoms with van der Waals surface area (Å²) in [6, 6.07) is 0. The number of rotatable bonds is 0. The van der Waals surface area contributed by atoms with Crippen LogP contribution < -0.4 is 0 Å². The number of alkyl halides is 2. The highest BCUT2D eigenvalue weighted by Gasteiger charge is 2.63. The van der Waals surface area contributed by atoms with E-state index >= 15 is 0 Å². The fraction of sp³-hybridized carbons (Fsp3) is 0.842. The Bertz CT molecular complexity index is 584. The Morgan fingerprint density at radius 3 is 2.61 bits per heavy atom. The van der Waals surface area contributed by atoms with Gasteiger partial charge in [0.15, 0.2) is 0 Å². The highest BCUT2D eigenvalue weighted by Crippen LogP contribution is 2.66. The number of halogens is 2. The summed E-state index contributed by atoms with van der Waals surface area (Å²) in [5.74, 6) is -3.14. The lowest BCUT2D eigenvalue weighted by atomic mass is 9.47. The fourth-order valence-electron chi connectivity index (χ4n) is 6.55. The third kappa shape index (κ3) is 1.85. The molecule has 0 aliphatic heterocycles. The van der Waals surface area contributed by atoms with Gasteiger partial charge in [-0.05, 0) is 67.1 Å². The molecule has 0 bridgehead atoms. The molecule has 23 heavy (non-hydrogen) atoms. The van der Waals surface area contributed by atoms with E-state index in [1.807, 2.05) is 6.92 Å². The molecule has 0 aromatic heterocycles. The summed E-state index contributed by atoms with van der Waals surface area (Å²) >= 11 is 0. The summed E-state index contributed by atoms with van der Waals surface area (Å²) in [5, 5.41) is 10.4. The number of hydrogen-bond donors (Lipinski definition) is 1. The zero-order chi connectivity index (χ0) is 16.6. The second-order valence-electron chi connectivity index (χ2n) is 8.78. The first-order valence-corrected chi connectivity index (χ1v) is 9.01. The van der Waals surface area contributed by atoms with E-state index in [4.69, 9.17) is 0 Å². The highest BCUT2D eigenvalue weighted by atomic mass is 19.3. The maximum atomic E-state index is 14.5. The van der Waals surface area contributed by atoms with Crippen molar-refractivity contribution in [3.8, 4) is 0 Å². The number of allylic oxidation sites excluding steroid dienone is 2. The highest BCUT2D eigenvalue weighted by molar-refractivity contribution is 5.90. The van der Waals surface area contributed by atoms with Crippen LogP contribution in [0.4, 0.5) is 8.78 Å². The third-order valence-electron chi connectivity index (χ3n) is 7.97. The summed E-state index contributed by atoms with van der Waals surface area (Å²) in [5.41, 5.74) is -0.491. The number of aliphatic hydroxyl groups excluding tert-OH is 1. The Labute approximate surface area is 136 Å². The van der Waals surface area contributed by atoms with Gasteiger partial charge in [-0.2, -0.15) is 8.78 Å². The Balaban J connectivity index is 1.74. The molecule has 6 atom stereocenters. The van der Waals surface area contributed by atoms with E-state index in [9.17, 15) is 18.7 Å². The molecule has 3 fully saturated rings. The van der Waals surface area contributed by atoms with Crippen molar-refractivity contribution in [2.24, 2.45) is 28.6 Å². The first kappa shape index (κ1) is 15.7. The van der Waals surface area contributed by atoms with E-state index in [-0.39, 0.29) is 29.4 Å². The van der Waals surface area contributed by atoms with E-state index in [0.717, 1.165) is 25.7 Å². The van der Waals surface area contributed by atoms with Crippen LogP contribution in [0.5, 0.6) is 0 Å². The Kier molecular flexibility index (Phi) is 3.18. The van der Waals surface area contributed by atoms with Gasteiger partial charge in [0.2, 0.25) is 5.78 Å². The second kappa shape index (κ2) is 4.65. The lowest BCUT2D eigenvalue weighted by molar-refractivity contribution is -0.149. The lowest BCUT2D eigenvalue weighted by Gasteiger charge is -2.57. The molecule has 4 rings (SSSR count). The van der Waals surface area contributed by atoms with Gasteiger partial charge >= 0.3 is 5.92 Å². The van der Waals surface area contributed by atoms with Crippen molar-refractivity contribution >= 4 is 5.78 Å². The number of aliphatic hydroxyl groups is 1. The van der Waals surface area contributed by atoms with Gasteiger partial charge in [0.1, 0.15) is 0 Å².